The van der Waals surface area contributed by atoms with Crippen LogP contribution in [0.15, 0.2) is 17.1 Å². The number of thioether (sulfide) groups is 1. The van der Waals surface area contributed by atoms with Gasteiger partial charge in [0.2, 0.25) is 0 Å². The molecule has 21 heavy (non-hydrogen) atoms. The van der Waals surface area contributed by atoms with Gasteiger partial charge >= 0.3 is 0 Å². The summed E-state index contributed by atoms with van der Waals surface area (Å²) in [4.78, 5) is 7.87. The van der Waals surface area contributed by atoms with Crippen molar-refractivity contribution in [2.24, 2.45) is 4.99 Å². The van der Waals surface area contributed by atoms with Crippen molar-refractivity contribution in [3.8, 4) is 0 Å². The van der Waals surface area contributed by atoms with Crippen LogP contribution in [-0.2, 0) is 6.54 Å². The molecule has 0 radical (unpaired) electrons. The van der Waals surface area contributed by atoms with Crippen molar-refractivity contribution in [3.63, 3.8) is 0 Å². The SMILES string of the molecule is CCNC(=NCC1(O)CCSC1)N(C)Cc1ccc(Cl)s1. The van der Waals surface area contributed by atoms with E-state index in [0.29, 0.717) is 6.54 Å². The highest BCUT2D eigenvalue weighted by Gasteiger charge is 2.31. The molecule has 2 heterocycles. The van der Waals surface area contributed by atoms with E-state index in [1.165, 1.54) is 4.88 Å². The fourth-order valence-electron chi connectivity index (χ4n) is 2.16. The molecule has 0 spiro atoms. The Labute approximate surface area is 139 Å². The molecule has 1 atom stereocenters. The third-order valence-corrected chi connectivity index (χ3v) is 5.77. The number of nitrogens with zero attached hydrogens (tertiary/aromatic N) is 2. The molecule has 7 heteroatoms. The van der Waals surface area contributed by atoms with Crippen LogP contribution >= 0.6 is 34.7 Å². The lowest BCUT2D eigenvalue weighted by Gasteiger charge is -2.24. The van der Waals surface area contributed by atoms with E-state index in [-0.39, 0.29) is 0 Å². The maximum absolute atomic E-state index is 10.4. The molecule has 1 saturated heterocycles. The second-order valence-corrected chi connectivity index (χ2v) is 8.16. The number of rotatable bonds is 5. The van der Waals surface area contributed by atoms with Crippen LogP contribution in [0.1, 0.15) is 18.2 Å². The minimum atomic E-state index is -0.640. The van der Waals surface area contributed by atoms with Crippen LogP contribution in [0.25, 0.3) is 0 Å². The first-order valence-corrected chi connectivity index (χ1v) is 9.41. The number of aliphatic hydroxyl groups is 1. The minimum absolute atomic E-state index is 0.456. The van der Waals surface area contributed by atoms with Gasteiger partial charge in [0.05, 0.1) is 23.0 Å². The van der Waals surface area contributed by atoms with Crippen molar-refractivity contribution in [2.45, 2.75) is 25.5 Å². The summed E-state index contributed by atoms with van der Waals surface area (Å²) in [5.74, 6) is 2.62. The molecular formula is C14H22ClN3OS2. The fourth-order valence-corrected chi connectivity index (χ4v) is 4.58. The molecule has 0 saturated carbocycles. The minimum Gasteiger partial charge on any atom is -0.387 e. The molecule has 0 bridgehead atoms. The van der Waals surface area contributed by atoms with Crippen LogP contribution < -0.4 is 5.32 Å². The van der Waals surface area contributed by atoms with Crippen LogP contribution in [-0.4, -0.2) is 53.2 Å². The van der Waals surface area contributed by atoms with Crippen molar-refractivity contribution in [1.82, 2.24) is 10.2 Å². The molecule has 2 N–H and O–H groups in total. The molecule has 0 amide bonds. The monoisotopic (exact) mass is 347 g/mol. The Hall–Kier alpha value is -0.430. The molecule has 1 aromatic rings. The largest absolute Gasteiger partial charge is 0.387 e. The molecule has 0 aromatic carbocycles. The highest BCUT2D eigenvalue weighted by molar-refractivity contribution is 7.99. The van der Waals surface area contributed by atoms with Crippen LogP contribution in [0.5, 0.6) is 0 Å². The van der Waals surface area contributed by atoms with E-state index in [0.717, 1.165) is 41.3 Å². The zero-order valence-electron chi connectivity index (χ0n) is 12.4. The van der Waals surface area contributed by atoms with E-state index in [9.17, 15) is 5.11 Å². The number of halogens is 1. The average Bonchev–Trinajstić information content (AvgIpc) is 3.04. The summed E-state index contributed by atoms with van der Waals surface area (Å²) in [5.41, 5.74) is -0.640. The van der Waals surface area contributed by atoms with Gasteiger partial charge in [0, 0.05) is 24.2 Å². The average molecular weight is 348 g/mol. The van der Waals surface area contributed by atoms with Gasteiger partial charge in [-0.1, -0.05) is 11.6 Å². The van der Waals surface area contributed by atoms with Gasteiger partial charge in [-0.2, -0.15) is 11.8 Å². The third kappa shape index (κ3) is 5.06. The van der Waals surface area contributed by atoms with Gasteiger partial charge in [0.1, 0.15) is 0 Å². The van der Waals surface area contributed by atoms with Crippen LogP contribution in [0.2, 0.25) is 4.34 Å². The molecule has 1 aromatic heterocycles. The number of thiophene rings is 1. The topological polar surface area (TPSA) is 47.9 Å². The Bertz CT molecular complexity index is 486. The summed E-state index contributed by atoms with van der Waals surface area (Å²) in [6.45, 7) is 4.07. The molecule has 1 unspecified atom stereocenters. The Morgan fingerprint density at radius 1 is 1.57 bits per heavy atom. The van der Waals surface area contributed by atoms with Gasteiger partial charge in [-0.3, -0.25) is 4.99 Å². The zero-order valence-corrected chi connectivity index (χ0v) is 14.8. The lowest BCUT2D eigenvalue weighted by molar-refractivity contribution is 0.0776. The van der Waals surface area contributed by atoms with Crippen molar-refractivity contribution in [1.29, 1.82) is 0 Å². The number of aliphatic imine (C=N–C) groups is 1. The normalized spacial score (nSPS) is 22.6. The van der Waals surface area contributed by atoms with Crippen molar-refractivity contribution >= 4 is 40.7 Å². The molecule has 4 nitrogen and oxygen atoms in total. The summed E-state index contributed by atoms with van der Waals surface area (Å²) in [7, 11) is 2.00. The Kier molecular flexibility index (Phi) is 6.22. The maximum atomic E-state index is 10.4. The number of hydrogen-bond acceptors (Lipinski definition) is 4. The zero-order chi connectivity index (χ0) is 15.3. The van der Waals surface area contributed by atoms with E-state index in [1.807, 2.05) is 26.1 Å². The molecule has 2 rings (SSSR count). The van der Waals surface area contributed by atoms with Crippen LogP contribution in [0, 0.1) is 0 Å². The Morgan fingerprint density at radius 2 is 2.38 bits per heavy atom. The highest BCUT2D eigenvalue weighted by Crippen LogP contribution is 2.28. The van der Waals surface area contributed by atoms with E-state index >= 15 is 0 Å². The van der Waals surface area contributed by atoms with Gasteiger partial charge < -0.3 is 15.3 Å². The summed E-state index contributed by atoms with van der Waals surface area (Å²) >= 11 is 9.34. The fraction of sp³-hybridized carbons (Fsp3) is 0.643. The maximum Gasteiger partial charge on any atom is 0.194 e. The first-order chi connectivity index (χ1) is 10.0. The molecule has 0 aliphatic carbocycles. The smallest absolute Gasteiger partial charge is 0.194 e. The quantitative estimate of drug-likeness (QED) is 0.635. The van der Waals surface area contributed by atoms with Crippen molar-refractivity contribution in [2.75, 3.05) is 31.6 Å². The Balaban J connectivity index is 1.99. The third-order valence-electron chi connectivity index (χ3n) is 3.32. The van der Waals surface area contributed by atoms with Crippen LogP contribution in [0.3, 0.4) is 0 Å². The lowest BCUT2D eigenvalue weighted by atomic mass is 10.1. The first-order valence-electron chi connectivity index (χ1n) is 7.06. The second-order valence-electron chi connectivity index (χ2n) is 5.26. The van der Waals surface area contributed by atoms with Gasteiger partial charge in [-0.15, -0.1) is 11.3 Å². The van der Waals surface area contributed by atoms with Crippen LogP contribution in [0.4, 0.5) is 0 Å². The second kappa shape index (κ2) is 7.72. The Morgan fingerprint density at radius 3 is 2.95 bits per heavy atom. The molecular weight excluding hydrogens is 326 g/mol. The lowest BCUT2D eigenvalue weighted by Crippen LogP contribution is -2.40. The van der Waals surface area contributed by atoms with Gasteiger partial charge in [-0.25, -0.2) is 0 Å². The molecule has 118 valence electrons. The predicted octanol–water partition coefficient (Wildman–Crippen LogP) is 2.67. The summed E-state index contributed by atoms with van der Waals surface area (Å²) in [6, 6.07) is 3.95. The van der Waals surface area contributed by atoms with Crippen molar-refractivity contribution < 1.29 is 5.11 Å². The van der Waals surface area contributed by atoms with Gasteiger partial charge in [0.15, 0.2) is 5.96 Å². The van der Waals surface area contributed by atoms with E-state index in [4.69, 9.17) is 11.6 Å². The summed E-state index contributed by atoms with van der Waals surface area (Å²) < 4.78 is 0.803. The number of nitrogens with one attached hydrogen (secondary N) is 1. The van der Waals surface area contributed by atoms with E-state index in [2.05, 4.69) is 15.2 Å². The van der Waals surface area contributed by atoms with E-state index < -0.39 is 5.60 Å². The van der Waals surface area contributed by atoms with E-state index in [1.54, 1.807) is 23.1 Å². The number of hydrogen-bond donors (Lipinski definition) is 2. The molecule has 1 aliphatic rings. The first kappa shape index (κ1) is 16.9. The predicted molar refractivity (Wildman–Crippen MR) is 93.7 cm³/mol. The summed E-state index contributed by atoms with van der Waals surface area (Å²) in [6.07, 6.45) is 0.824. The summed E-state index contributed by atoms with van der Waals surface area (Å²) in [5, 5.41) is 13.7. The van der Waals surface area contributed by atoms with Gasteiger partial charge in [0.25, 0.3) is 0 Å². The number of guanidine groups is 1. The molecule has 1 aliphatic heterocycles. The highest BCUT2D eigenvalue weighted by atomic mass is 35.5. The van der Waals surface area contributed by atoms with Crippen molar-refractivity contribution in [3.05, 3.63) is 21.3 Å². The standard InChI is InChI=1S/C14H22ClN3OS2/c1-3-16-13(17-9-14(19)6-7-20-10-14)18(2)8-11-4-5-12(15)21-11/h4-5,19H,3,6-10H2,1-2H3,(H,16,17). The molecule has 1 fully saturated rings. The van der Waals surface area contributed by atoms with Gasteiger partial charge in [-0.05, 0) is 31.2 Å².